The minimum absolute atomic E-state index is 0.540. The van der Waals surface area contributed by atoms with Crippen molar-refractivity contribution in [2.75, 3.05) is 0 Å². The van der Waals surface area contributed by atoms with E-state index < -0.39 is 42.3 Å². The predicted molar refractivity (Wildman–Crippen MR) is 269 cm³/mol. The van der Waals surface area contributed by atoms with Crippen molar-refractivity contribution in [2.45, 2.75) is 239 Å². The van der Waals surface area contributed by atoms with Gasteiger partial charge < -0.3 is 16.5 Å². The van der Waals surface area contributed by atoms with Crippen molar-refractivity contribution in [2.24, 2.45) is 71.0 Å². The van der Waals surface area contributed by atoms with Gasteiger partial charge in [0.2, 0.25) is 0 Å². The quantitative estimate of drug-likeness (QED) is 0.0631. The number of hydrogen-bond acceptors (Lipinski definition) is 4. The molecule has 0 aliphatic carbocycles. The van der Waals surface area contributed by atoms with Gasteiger partial charge in [-0.2, -0.15) is 0 Å². The first-order valence-corrected chi connectivity index (χ1v) is 36.4. The van der Waals surface area contributed by atoms with Gasteiger partial charge in [-0.3, -0.25) is 0 Å². The number of hydrogen-bond donors (Lipinski definition) is 0. The number of rotatable bonds is 32. The van der Waals surface area contributed by atoms with Crippen LogP contribution < -0.4 is 0 Å². The molecule has 0 bridgehead atoms. The molecule has 0 aliphatic rings. The smallest absolute Gasteiger partial charge is 0.395 e. The fourth-order valence-electron chi connectivity index (χ4n) is 11.6. The topological polar surface area (TPSA) is 36.9 Å². The van der Waals surface area contributed by atoms with Crippen LogP contribution in [0.25, 0.3) is 0 Å². The van der Waals surface area contributed by atoms with Crippen molar-refractivity contribution in [1.82, 2.24) is 0 Å². The zero-order valence-electron chi connectivity index (χ0n) is 43.5. The van der Waals surface area contributed by atoms with Gasteiger partial charge in [0.1, 0.15) is 0 Å². The van der Waals surface area contributed by atoms with Crippen LogP contribution in [0.3, 0.4) is 0 Å². The molecule has 0 unspecified atom stereocenters. The molecule has 0 N–H and O–H groups in total. The second-order valence-corrected chi connectivity index (χ2v) is 43.4. The molecule has 0 aromatic carbocycles. The molecular formula is C48H108O4Si5. The van der Waals surface area contributed by atoms with E-state index in [1.54, 1.807) is 0 Å². The Balaban J connectivity index is 9.34. The maximum atomic E-state index is 8.67. The SMILES string of the molecule is CC(C)C[Si](CC(C)C)(CC(C)C)O[Si](O[Si](CC(C)C)(CC(C)C)CC(C)C)(O[Si](CC(C)C)(CC(C)C)CC(C)C)O[Si](CC(C)C)(CC(C)C)CC(C)C. The highest BCUT2D eigenvalue weighted by Crippen LogP contribution is 2.47. The standard InChI is InChI=1S/C48H108O4Si5/c1-37(2)25-53(26-38(3)4,27-39(5)6)49-57(50-54(28-40(7)8,29-41(9)10)30-42(11)12,51-55(31-43(13)14,32-44(15)16)33-45(17)18)52-56(34-46(19)20,35-47(21)22)36-48(23)24/h37-48H,25-36H2,1-24H3. The molecule has 0 aromatic rings. The van der Waals surface area contributed by atoms with Gasteiger partial charge in [-0.15, -0.1) is 0 Å². The highest BCUT2D eigenvalue weighted by atomic mass is 28.5. The van der Waals surface area contributed by atoms with Crippen molar-refractivity contribution < 1.29 is 16.5 Å². The molecule has 0 aliphatic heterocycles. The van der Waals surface area contributed by atoms with Crippen LogP contribution in [0.1, 0.15) is 166 Å². The van der Waals surface area contributed by atoms with E-state index in [9.17, 15) is 0 Å². The first kappa shape index (κ1) is 57.9. The molecule has 0 spiro atoms. The molecule has 0 amide bonds. The summed E-state index contributed by atoms with van der Waals surface area (Å²) < 4.78 is 34.7. The third kappa shape index (κ3) is 23.8. The molecule has 0 saturated carbocycles. The highest BCUT2D eigenvalue weighted by molar-refractivity contribution is 6.94. The van der Waals surface area contributed by atoms with Gasteiger partial charge in [-0.05, 0) is 144 Å². The van der Waals surface area contributed by atoms with Crippen LogP contribution in [-0.2, 0) is 16.5 Å². The van der Waals surface area contributed by atoms with Crippen molar-refractivity contribution in [3.8, 4) is 0 Å². The molecule has 0 saturated heterocycles. The molecule has 57 heavy (non-hydrogen) atoms. The summed E-state index contributed by atoms with van der Waals surface area (Å²) in [6, 6.07) is 13.7. The molecule has 9 heteroatoms. The molecule has 0 fully saturated rings. The lowest BCUT2D eigenvalue weighted by Gasteiger charge is -2.53. The maximum Gasteiger partial charge on any atom is 0.637 e. The van der Waals surface area contributed by atoms with E-state index >= 15 is 0 Å². The Morgan fingerprint density at radius 3 is 0.351 bits per heavy atom. The first-order chi connectivity index (χ1) is 25.8. The van der Waals surface area contributed by atoms with Gasteiger partial charge in [0.05, 0.1) is 0 Å². The summed E-state index contributed by atoms with van der Waals surface area (Å²) in [5, 5.41) is 0. The molecule has 344 valence electrons. The first-order valence-electron chi connectivity index (χ1n) is 24.6. The van der Waals surface area contributed by atoms with Gasteiger partial charge in [0.15, 0.2) is 33.3 Å². The van der Waals surface area contributed by atoms with E-state index in [0.29, 0.717) is 71.0 Å². The summed E-state index contributed by atoms with van der Waals surface area (Å²) >= 11 is 0. The predicted octanol–water partition coefficient (Wildman–Crippen LogP) is 17.1. The summed E-state index contributed by atoms with van der Waals surface area (Å²) in [5.41, 5.74) is 0. The maximum absolute atomic E-state index is 8.67. The Hall–Kier alpha value is 0.924. The van der Waals surface area contributed by atoms with Gasteiger partial charge in [-0.1, -0.05) is 166 Å². The normalized spacial score (nSPS) is 14.5. The monoisotopic (exact) mass is 889 g/mol. The largest absolute Gasteiger partial charge is 0.637 e. The van der Waals surface area contributed by atoms with Gasteiger partial charge in [-0.25, -0.2) is 0 Å². The van der Waals surface area contributed by atoms with Crippen LogP contribution in [0.4, 0.5) is 0 Å². The fourth-order valence-corrected chi connectivity index (χ4v) is 47.2. The van der Waals surface area contributed by atoms with Crippen LogP contribution in [-0.4, -0.2) is 42.3 Å². The third-order valence-electron chi connectivity index (χ3n) is 10.7. The lowest BCUT2D eigenvalue weighted by molar-refractivity contribution is 0.130. The molecule has 0 heterocycles. The summed E-state index contributed by atoms with van der Waals surface area (Å²) in [6.07, 6.45) is 0. The van der Waals surface area contributed by atoms with Gasteiger partial charge in [0, 0.05) is 0 Å². The summed E-state index contributed by atoms with van der Waals surface area (Å²) in [7, 11) is -14.0. The Kier molecular flexibility index (Phi) is 26.3. The average Bonchev–Trinajstić information content (AvgIpc) is 2.86. The van der Waals surface area contributed by atoms with Crippen LogP contribution in [0.2, 0.25) is 72.5 Å². The van der Waals surface area contributed by atoms with E-state index in [1.165, 1.54) is 0 Å². The van der Waals surface area contributed by atoms with Crippen molar-refractivity contribution in [1.29, 1.82) is 0 Å². The lowest BCUT2D eigenvalue weighted by Crippen LogP contribution is -2.70. The Morgan fingerprint density at radius 2 is 0.281 bits per heavy atom. The molecule has 0 atom stereocenters. The highest BCUT2D eigenvalue weighted by Gasteiger charge is 2.64. The third-order valence-corrected chi connectivity index (χ3v) is 40.4. The zero-order valence-corrected chi connectivity index (χ0v) is 48.5. The van der Waals surface area contributed by atoms with Gasteiger partial charge >= 0.3 is 9.05 Å². The molecule has 0 radical (unpaired) electrons. The second-order valence-electron chi connectivity index (χ2n) is 24.8. The van der Waals surface area contributed by atoms with E-state index in [2.05, 4.69) is 166 Å². The Morgan fingerprint density at radius 1 is 0.193 bits per heavy atom. The average molecular weight is 890 g/mol. The van der Waals surface area contributed by atoms with Gasteiger partial charge in [0.25, 0.3) is 0 Å². The van der Waals surface area contributed by atoms with E-state index in [4.69, 9.17) is 16.5 Å². The minimum Gasteiger partial charge on any atom is -0.395 e. The molecule has 0 rings (SSSR count). The van der Waals surface area contributed by atoms with Crippen molar-refractivity contribution in [3.63, 3.8) is 0 Å². The second kappa shape index (κ2) is 25.9. The summed E-state index contributed by atoms with van der Waals surface area (Å²) in [4.78, 5) is 0. The van der Waals surface area contributed by atoms with E-state index in [0.717, 1.165) is 72.5 Å². The van der Waals surface area contributed by atoms with Crippen molar-refractivity contribution >= 4 is 42.3 Å². The molecular weight excluding hydrogens is 781 g/mol. The minimum atomic E-state index is -3.89. The lowest BCUT2D eigenvalue weighted by atomic mass is 10.2. The van der Waals surface area contributed by atoms with Crippen molar-refractivity contribution in [3.05, 3.63) is 0 Å². The summed E-state index contributed by atoms with van der Waals surface area (Å²) in [5.74, 6) is 6.48. The van der Waals surface area contributed by atoms with E-state index in [1.807, 2.05) is 0 Å². The Bertz CT molecular complexity index is 782. The fraction of sp³-hybridized carbons (Fsp3) is 1.00. The Labute approximate surface area is 366 Å². The molecule has 4 nitrogen and oxygen atoms in total. The van der Waals surface area contributed by atoms with Crippen LogP contribution in [0.5, 0.6) is 0 Å². The van der Waals surface area contributed by atoms with E-state index in [-0.39, 0.29) is 0 Å². The van der Waals surface area contributed by atoms with Crippen LogP contribution >= 0.6 is 0 Å². The van der Waals surface area contributed by atoms with Crippen LogP contribution in [0, 0.1) is 71.0 Å². The molecule has 0 aromatic heterocycles. The summed E-state index contributed by atoms with van der Waals surface area (Å²) in [6.45, 7) is 58.6. The van der Waals surface area contributed by atoms with Crippen LogP contribution in [0.15, 0.2) is 0 Å². The zero-order chi connectivity index (χ0) is 44.7.